The first-order chi connectivity index (χ1) is 13.1. The first-order valence-corrected chi connectivity index (χ1v) is 9.12. The molecule has 1 fully saturated rings. The molecule has 4 rings (SSSR count). The van der Waals surface area contributed by atoms with Crippen molar-refractivity contribution in [3.63, 3.8) is 0 Å². The van der Waals surface area contributed by atoms with Gasteiger partial charge in [0.1, 0.15) is 0 Å². The highest BCUT2D eigenvalue weighted by Crippen LogP contribution is 2.34. The SMILES string of the molecule is CCc1ccc(-c2nc(C3CC(=O)N(c4cccc(Cl)c4F)C3)no2)cc1. The number of benzene rings is 2. The van der Waals surface area contributed by atoms with Crippen molar-refractivity contribution in [2.45, 2.75) is 25.7 Å². The Balaban J connectivity index is 1.56. The zero-order valence-electron chi connectivity index (χ0n) is 14.7. The van der Waals surface area contributed by atoms with Gasteiger partial charge >= 0.3 is 0 Å². The summed E-state index contributed by atoms with van der Waals surface area (Å²) in [5, 5.41) is 4.02. The lowest BCUT2D eigenvalue weighted by Crippen LogP contribution is -2.25. The molecule has 1 saturated heterocycles. The van der Waals surface area contributed by atoms with Gasteiger partial charge in [-0.05, 0) is 36.2 Å². The second-order valence-electron chi connectivity index (χ2n) is 6.49. The number of anilines is 1. The third-order valence-corrected chi connectivity index (χ3v) is 5.05. The predicted molar refractivity (Wildman–Crippen MR) is 100 cm³/mol. The molecular weight excluding hydrogens is 369 g/mol. The summed E-state index contributed by atoms with van der Waals surface area (Å²) in [7, 11) is 0. The van der Waals surface area contributed by atoms with Crippen LogP contribution in [0.15, 0.2) is 47.0 Å². The van der Waals surface area contributed by atoms with Crippen LogP contribution in [0.1, 0.15) is 30.7 Å². The molecule has 27 heavy (non-hydrogen) atoms. The van der Waals surface area contributed by atoms with Crippen molar-refractivity contribution >= 4 is 23.2 Å². The number of hydrogen-bond acceptors (Lipinski definition) is 4. The molecule has 1 aliphatic heterocycles. The van der Waals surface area contributed by atoms with E-state index in [2.05, 4.69) is 17.1 Å². The Morgan fingerprint density at radius 2 is 2.04 bits per heavy atom. The molecule has 0 aliphatic carbocycles. The van der Waals surface area contributed by atoms with Gasteiger partial charge in [0, 0.05) is 24.4 Å². The van der Waals surface area contributed by atoms with Crippen molar-refractivity contribution < 1.29 is 13.7 Å². The number of aromatic nitrogens is 2. The van der Waals surface area contributed by atoms with E-state index in [9.17, 15) is 9.18 Å². The maximum absolute atomic E-state index is 14.3. The fraction of sp³-hybridized carbons (Fsp3) is 0.250. The van der Waals surface area contributed by atoms with E-state index in [-0.39, 0.29) is 35.5 Å². The van der Waals surface area contributed by atoms with Gasteiger partial charge in [-0.25, -0.2) is 4.39 Å². The number of aryl methyl sites for hydroxylation is 1. The van der Waals surface area contributed by atoms with Crippen LogP contribution in [0.2, 0.25) is 5.02 Å². The maximum atomic E-state index is 14.3. The zero-order chi connectivity index (χ0) is 19.0. The Morgan fingerprint density at radius 3 is 2.78 bits per heavy atom. The summed E-state index contributed by atoms with van der Waals surface area (Å²) in [5.74, 6) is -0.198. The molecule has 0 bridgehead atoms. The van der Waals surface area contributed by atoms with Crippen LogP contribution in [-0.2, 0) is 11.2 Å². The first kappa shape index (κ1) is 17.7. The second-order valence-corrected chi connectivity index (χ2v) is 6.89. The van der Waals surface area contributed by atoms with Crippen LogP contribution in [0.25, 0.3) is 11.5 Å². The van der Waals surface area contributed by atoms with Gasteiger partial charge in [-0.15, -0.1) is 0 Å². The molecule has 1 amide bonds. The summed E-state index contributed by atoms with van der Waals surface area (Å²) < 4.78 is 19.6. The van der Waals surface area contributed by atoms with Crippen molar-refractivity contribution in [1.82, 2.24) is 10.1 Å². The Kier molecular flexibility index (Phi) is 4.66. The second kappa shape index (κ2) is 7.12. The van der Waals surface area contributed by atoms with Crippen molar-refractivity contribution in [3.8, 4) is 11.5 Å². The summed E-state index contributed by atoms with van der Waals surface area (Å²) in [6.45, 7) is 2.37. The fourth-order valence-corrected chi connectivity index (χ4v) is 3.38. The summed E-state index contributed by atoms with van der Waals surface area (Å²) in [6.07, 6.45) is 1.15. The lowest BCUT2D eigenvalue weighted by atomic mass is 10.1. The van der Waals surface area contributed by atoms with E-state index in [0.717, 1.165) is 12.0 Å². The Bertz CT molecular complexity index is 987. The predicted octanol–water partition coefficient (Wildman–Crippen LogP) is 4.61. The molecule has 5 nitrogen and oxygen atoms in total. The lowest BCUT2D eigenvalue weighted by Gasteiger charge is -2.17. The molecule has 7 heteroatoms. The minimum Gasteiger partial charge on any atom is -0.334 e. The number of rotatable bonds is 4. The van der Waals surface area contributed by atoms with Gasteiger partial charge in [0.15, 0.2) is 11.6 Å². The van der Waals surface area contributed by atoms with Crippen LogP contribution >= 0.6 is 11.6 Å². The van der Waals surface area contributed by atoms with Crippen molar-refractivity contribution in [3.05, 3.63) is 64.7 Å². The minimum absolute atomic E-state index is 0.0128. The number of carbonyl (C=O) groups is 1. The molecule has 3 aromatic rings. The molecular formula is C20H17ClFN3O2. The molecule has 2 heterocycles. The van der Waals surface area contributed by atoms with Crippen LogP contribution < -0.4 is 4.90 Å². The normalized spacial score (nSPS) is 16.9. The van der Waals surface area contributed by atoms with Gasteiger partial charge < -0.3 is 9.42 Å². The average Bonchev–Trinajstić information content (AvgIpc) is 3.31. The van der Waals surface area contributed by atoms with Crippen LogP contribution in [0.3, 0.4) is 0 Å². The van der Waals surface area contributed by atoms with E-state index in [1.165, 1.54) is 16.5 Å². The Morgan fingerprint density at radius 1 is 1.26 bits per heavy atom. The van der Waals surface area contributed by atoms with Crippen molar-refractivity contribution in [1.29, 1.82) is 0 Å². The highest BCUT2D eigenvalue weighted by Gasteiger charge is 2.36. The third kappa shape index (κ3) is 3.32. The van der Waals surface area contributed by atoms with Crippen LogP contribution in [0.5, 0.6) is 0 Å². The molecule has 1 aromatic heterocycles. The van der Waals surface area contributed by atoms with Gasteiger partial charge in [-0.1, -0.05) is 41.9 Å². The van der Waals surface area contributed by atoms with Gasteiger partial charge in [-0.3, -0.25) is 4.79 Å². The summed E-state index contributed by atoms with van der Waals surface area (Å²) in [6, 6.07) is 12.5. The molecule has 0 N–H and O–H groups in total. The minimum atomic E-state index is -0.599. The standard InChI is InChI=1S/C20H17ClFN3O2/c1-2-12-6-8-13(9-7-12)20-23-19(24-27-20)14-10-17(26)25(11-14)16-5-3-4-15(21)18(16)22/h3-9,14H,2,10-11H2,1H3. The smallest absolute Gasteiger partial charge is 0.257 e. The molecule has 1 atom stereocenters. The Hall–Kier alpha value is -2.73. The van der Waals surface area contributed by atoms with Gasteiger partial charge in [0.25, 0.3) is 5.89 Å². The highest BCUT2D eigenvalue weighted by atomic mass is 35.5. The first-order valence-electron chi connectivity index (χ1n) is 8.74. The monoisotopic (exact) mass is 385 g/mol. The molecule has 1 aliphatic rings. The summed E-state index contributed by atoms with van der Waals surface area (Å²) >= 11 is 5.83. The van der Waals surface area contributed by atoms with Crippen molar-refractivity contribution in [2.24, 2.45) is 0 Å². The lowest BCUT2D eigenvalue weighted by molar-refractivity contribution is -0.117. The largest absolute Gasteiger partial charge is 0.334 e. The summed E-state index contributed by atoms with van der Waals surface area (Å²) in [4.78, 5) is 18.2. The number of halogens is 2. The number of nitrogens with zero attached hydrogens (tertiary/aromatic N) is 3. The zero-order valence-corrected chi connectivity index (χ0v) is 15.4. The number of hydrogen-bond donors (Lipinski definition) is 0. The summed E-state index contributed by atoms with van der Waals surface area (Å²) in [5.41, 5.74) is 2.22. The quantitative estimate of drug-likeness (QED) is 0.658. The van der Waals surface area contributed by atoms with Crippen molar-refractivity contribution in [2.75, 3.05) is 11.4 Å². The van der Waals surface area contributed by atoms with E-state index in [0.29, 0.717) is 11.7 Å². The molecule has 0 spiro atoms. The highest BCUT2D eigenvalue weighted by molar-refractivity contribution is 6.31. The van der Waals surface area contributed by atoms with E-state index in [1.54, 1.807) is 12.1 Å². The maximum Gasteiger partial charge on any atom is 0.257 e. The molecule has 2 aromatic carbocycles. The average molecular weight is 386 g/mol. The topological polar surface area (TPSA) is 59.2 Å². The van der Waals surface area contributed by atoms with E-state index >= 15 is 0 Å². The van der Waals surface area contributed by atoms with Crippen LogP contribution in [0.4, 0.5) is 10.1 Å². The van der Waals surface area contributed by atoms with Crippen LogP contribution in [-0.4, -0.2) is 22.6 Å². The number of amides is 1. The number of carbonyl (C=O) groups excluding carboxylic acids is 1. The molecule has 138 valence electrons. The molecule has 0 saturated carbocycles. The van der Waals surface area contributed by atoms with Gasteiger partial charge in [0.05, 0.1) is 10.7 Å². The Labute approximate surface area is 160 Å². The molecule has 0 radical (unpaired) electrons. The molecule has 1 unspecified atom stereocenters. The third-order valence-electron chi connectivity index (χ3n) is 4.76. The van der Waals surface area contributed by atoms with E-state index < -0.39 is 5.82 Å². The van der Waals surface area contributed by atoms with Gasteiger partial charge in [0.2, 0.25) is 5.91 Å². The van der Waals surface area contributed by atoms with E-state index in [4.69, 9.17) is 16.1 Å². The van der Waals surface area contributed by atoms with Gasteiger partial charge in [-0.2, -0.15) is 4.98 Å². The fourth-order valence-electron chi connectivity index (χ4n) is 3.22. The van der Waals surface area contributed by atoms with E-state index in [1.807, 2.05) is 24.3 Å². The van der Waals surface area contributed by atoms with Crippen LogP contribution in [0, 0.1) is 5.82 Å².